The Bertz CT molecular complexity index is 995. The first-order valence-corrected chi connectivity index (χ1v) is 10.6. The second-order valence-corrected chi connectivity index (χ2v) is 7.46. The number of hydrogen-bond acceptors (Lipinski definition) is 4. The van der Waals surface area contributed by atoms with Gasteiger partial charge in [0.25, 0.3) is 0 Å². The van der Waals surface area contributed by atoms with Crippen molar-refractivity contribution in [3.8, 4) is 33.8 Å². The highest BCUT2D eigenvalue weighted by atomic mass is 16.5. The van der Waals surface area contributed by atoms with E-state index in [1.54, 1.807) is 0 Å². The fraction of sp³-hybridized carbons (Fsp3) is 0.400. The Morgan fingerprint density at radius 1 is 0.793 bits per heavy atom. The fourth-order valence-corrected chi connectivity index (χ4v) is 3.87. The molecule has 3 aromatic carbocycles. The molecule has 0 amide bonds. The molecule has 0 saturated carbocycles. The summed E-state index contributed by atoms with van der Waals surface area (Å²) in [4.78, 5) is 12.6. The minimum atomic E-state index is 0.166. The van der Waals surface area contributed by atoms with E-state index in [1.807, 2.05) is 31.2 Å². The minimum absolute atomic E-state index is 0.166. The van der Waals surface area contributed by atoms with Crippen LogP contribution in [0.2, 0.25) is 0 Å². The van der Waals surface area contributed by atoms with E-state index in [2.05, 4.69) is 19.1 Å². The molecule has 0 N–H and O–H groups in total. The topological polar surface area (TPSA) is 44.8 Å². The smallest absolute Gasteiger partial charge is 0.195 e. The van der Waals surface area contributed by atoms with Crippen LogP contribution in [0.15, 0.2) is 41.2 Å². The number of rotatable bonds is 9. The van der Waals surface area contributed by atoms with Crippen LogP contribution in [-0.4, -0.2) is 26.4 Å². The quantitative estimate of drug-likeness (QED) is 0.484. The lowest BCUT2D eigenvalue weighted by molar-refractivity contribution is 0.110. The molecule has 1 aliphatic rings. The summed E-state index contributed by atoms with van der Waals surface area (Å²) >= 11 is 0. The largest absolute Gasteiger partial charge is 0.494 e. The van der Waals surface area contributed by atoms with Crippen LogP contribution in [0.1, 0.15) is 37.8 Å². The summed E-state index contributed by atoms with van der Waals surface area (Å²) in [7, 11) is 0. The van der Waals surface area contributed by atoms with Crippen LogP contribution >= 0.6 is 0 Å². The molecule has 0 spiro atoms. The molecule has 0 atom stereocenters. The highest BCUT2D eigenvalue weighted by Gasteiger charge is 2.30. The van der Waals surface area contributed by atoms with Crippen molar-refractivity contribution >= 4 is 0 Å². The molecule has 1 aliphatic carbocycles. The van der Waals surface area contributed by atoms with Gasteiger partial charge in [-0.05, 0) is 72.7 Å². The SMILES string of the molecule is CCCCOc1ccc2c(c1)CCc1cc(OCCOCC)ccc1-c1c-2c1=O. The van der Waals surface area contributed by atoms with Crippen LogP contribution in [0.4, 0.5) is 0 Å². The van der Waals surface area contributed by atoms with Gasteiger partial charge in [0.05, 0.1) is 13.2 Å². The lowest BCUT2D eigenvalue weighted by atomic mass is 9.91. The zero-order chi connectivity index (χ0) is 20.2. The zero-order valence-electron chi connectivity index (χ0n) is 17.3. The molecule has 4 nitrogen and oxygen atoms in total. The van der Waals surface area contributed by atoms with Gasteiger partial charge < -0.3 is 14.2 Å². The second kappa shape index (κ2) is 8.83. The van der Waals surface area contributed by atoms with Crippen molar-refractivity contribution in [2.24, 2.45) is 0 Å². The summed E-state index contributed by atoms with van der Waals surface area (Å²) in [5.74, 6) is 1.72. The number of fused-ring (bicyclic) bond motifs is 5. The van der Waals surface area contributed by atoms with E-state index in [0.717, 1.165) is 66.0 Å². The minimum Gasteiger partial charge on any atom is -0.494 e. The summed E-state index contributed by atoms with van der Waals surface area (Å²) in [6, 6.07) is 12.2. The molecule has 152 valence electrons. The molecular weight excluding hydrogens is 364 g/mol. The van der Waals surface area contributed by atoms with Gasteiger partial charge >= 0.3 is 0 Å². The molecule has 29 heavy (non-hydrogen) atoms. The standard InChI is InChI=1S/C25H28O4/c1-3-5-12-28-19-8-10-21-17(15-19)6-7-18-16-20(29-14-13-27-4-2)9-11-22(18)24-23(21)25(24)26/h8-11,15-16H,3-7,12-14H2,1-2H3. The van der Waals surface area contributed by atoms with Gasteiger partial charge in [0.1, 0.15) is 18.1 Å². The van der Waals surface area contributed by atoms with Crippen LogP contribution in [0, 0.1) is 0 Å². The molecule has 0 fully saturated rings. The molecule has 4 rings (SSSR count). The van der Waals surface area contributed by atoms with E-state index < -0.39 is 0 Å². The molecule has 0 heterocycles. The summed E-state index contributed by atoms with van der Waals surface area (Å²) < 4.78 is 17.0. The predicted octanol–water partition coefficient (Wildman–Crippen LogP) is 4.95. The first kappa shape index (κ1) is 19.7. The third kappa shape index (κ3) is 4.23. The number of unbranched alkanes of at least 4 members (excludes halogenated alkanes) is 1. The van der Waals surface area contributed by atoms with E-state index in [1.165, 1.54) is 11.1 Å². The van der Waals surface area contributed by atoms with Gasteiger partial charge in [-0.1, -0.05) is 25.5 Å². The fourth-order valence-electron chi connectivity index (χ4n) is 3.87. The van der Waals surface area contributed by atoms with Crippen molar-refractivity contribution in [1.29, 1.82) is 0 Å². The number of ether oxygens (including phenoxy) is 3. The number of hydrogen-bond donors (Lipinski definition) is 0. The van der Waals surface area contributed by atoms with Gasteiger partial charge in [-0.25, -0.2) is 0 Å². The summed E-state index contributed by atoms with van der Waals surface area (Å²) in [6.45, 7) is 6.66. The van der Waals surface area contributed by atoms with Crippen LogP contribution in [0.5, 0.6) is 11.5 Å². The number of benzene rings is 2. The van der Waals surface area contributed by atoms with E-state index in [4.69, 9.17) is 14.2 Å². The molecule has 4 heteroatoms. The van der Waals surface area contributed by atoms with Crippen LogP contribution in [0.3, 0.4) is 0 Å². The Labute approximate surface area is 172 Å². The molecule has 3 aromatic rings. The molecular formula is C25H28O4. The van der Waals surface area contributed by atoms with Gasteiger partial charge in [-0.3, -0.25) is 4.79 Å². The monoisotopic (exact) mass is 392 g/mol. The first-order chi connectivity index (χ1) is 14.2. The highest BCUT2D eigenvalue weighted by molar-refractivity contribution is 5.96. The van der Waals surface area contributed by atoms with E-state index in [9.17, 15) is 4.79 Å². The van der Waals surface area contributed by atoms with E-state index in [0.29, 0.717) is 19.8 Å². The molecule has 0 aliphatic heterocycles. The maximum absolute atomic E-state index is 12.6. The van der Waals surface area contributed by atoms with Crippen LogP contribution in [-0.2, 0) is 17.6 Å². The third-order valence-corrected chi connectivity index (χ3v) is 5.46. The Kier molecular flexibility index (Phi) is 6.00. The normalized spacial score (nSPS) is 12.6. The van der Waals surface area contributed by atoms with Crippen LogP contribution < -0.4 is 14.9 Å². The van der Waals surface area contributed by atoms with E-state index >= 15 is 0 Å². The van der Waals surface area contributed by atoms with Crippen molar-refractivity contribution in [2.75, 3.05) is 26.4 Å². The Balaban J connectivity index is 1.57. The van der Waals surface area contributed by atoms with Crippen molar-refractivity contribution in [3.05, 3.63) is 57.7 Å². The maximum atomic E-state index is 12.6. The van der Waals surface area contributed by atoms with Crippen molar-refractivity contribution in [3.63, 3.8) is 0 Å². The molecule has 0 aromatic heterocycles. The Hall–Kier alpha value is -2.59. The van der Waals surface area contributed by atoms with Gasteiger partial charge in [0.15, 0.2) is 5.43 Å². The van der Waals surface area contributed by atoms with Crippen molar-refractivity contribution < 1.29 is 14.2 Å². The molecule has 0 bridgehead atoms. The third-order valence-electron chi connectivity index (χ3n) is 5.46. The zero-order valence-corrected chi connectivity index (χ0v) is 17.3. The van der Waals surface area contributed by atoms with E-state index in [-0.39, 0.29) is 5.43 Å². The number of aryl methyl sites for hydroxylation is 2. The van der Waals surface area contributed by atoms with Gasteiger partial charge in [0.2, 0.25) is 0 Å². The van der Waals surface area contributed by atoms with Gasteiger partial charge in [0, 0.05) is 17.7 Å². The predicted molar refractivity (Wildman–Crippen MR) is 116 cm³/mol. The highest BCUT2D eigenvalue weighted by Crippen LogP contribution is 2.42. The molecule has 0 saturated heterocycles. The average Bonchev–Trinajstić information content (AvgIpc) is 3.38. The summed E-state index contributed by atoms with van der Waals surface area (Å²) in [6.07, 6.45) is 3.90. The lowest BCUT2D eigenvalue weighted by Crippen LogP contribution is -2.07. The maximum Gasteiger partial charge on any atom is 0.195 e. The Morgan fingerprint density at radius 3 is 1.93 bits per heavy atom. The van der Waals surface area contributed by atoms with Crippen molar-refractivity contribution in [1.82, 2.24) is 0 Å². The Morgan fingerprint density at radius 2 is 1.38 bits per heavy atom. The first-order valence-electron chi connectivity index (χ1n) is 10.6. The lowest BCUT2D eigenvalue weighted by Gasteiger charge is -2.16. The summed E-state index contributed by atoms with van der Waals surface area (Å²) in [5, 5.41) is 0. The van der Waals surface area contributed by atoms with Crippen molar-refractivity contribution in [2.45, 2.75) is 39.5 Å². The van der Waals surface area contributed by atoms with Gasteiger partial charge in [-0.2, -0.15) is 0 Å². The summed E-state index contributed by atoms with van der Waals surface area (Å²) in [5.41, 5.74) is 6.36. The molecule has 0 radical (unpaired) electrons. The average molecular weight is 392 g/mol. The van der Waals surface area contributed by atoms with Gasteiger partial charge in [-0.15, -0.1) is 0 Å². The second-order valence-electron chi connectivity index (χ2n) is 7.46. The van der Waals surface area contributed by atoms with Crippen LogP contribution in [0.25, 0.3) is 22.3 Å². The molecule has 0 unspecified atom stereocenters.